The molecule has 0 aromatic carbocycles. The van der Waals surface area contributed by atoms with Gasteiger partial charge < -0.3 is 15.3 Å². The van der Waals surface area contributed by atoms with E-state index in [9.17, 15) is 13.8 Å². The van der Waals surface area contributed by atoms with Crippen molar-refractivity contribution in [2.24, 2.45) is 5.92 Å². The van der Waals surface area contributed by atoms with Crippen LogP contribution < -0.4 is 5.32 Å². The van der Waals surface area contributed by atoms with Gasteiger partial charge in [-0.1, -0.05) is 0 Å². The number of urea groups is 1. The van der Waals surface area contributed by atoms with Crippen LogP contribution in [-0.2, 0) is 15.6 Å². The molecule has 1 fully saturated rings. The van der Waals surface area contributed by atoms with E-state index >= 15 is 0 Å². The lowest BCUT2D eigenvalue weighted by molar-refractivity contribution is -0.138. The van der Waals surface area contributed by atoms with E-state index in [2.05, 4.69) is 5.32 Å². The highest BCUT2D eigenvalue weighted by Gasteiger charge is 2.24. The van der Waals surface area contributed by atoms with Gasteiger partial charge in [-0.2, -0.15) is 0 Å². The summed E-state index contributed by atoms with van der Waals surface area (Å²) in [6, 6.07) is -0.262. The molecule has 2 unspecified atom stereocenters. The van der Waals surface area contributed by atoms with Gasteiger partial charge in [0.05, 0.1) is 0 Å². The minimum absolute atomic E-state index is 0.116. The number of carbonyl (C=O) groups excluding carboxylic acids is 1. The molecule has 0 spiro atoms. The number of nitrogens with zero attached hydrogens (tertiary/aromatic N) is 1. The van der Waals surface area contributed by atoms with Crippen LogP contribution in [0.2, 0.25) is 0 Å². The molecule has 0 aromatic rings. The molecule has 0 saturated carbocycles. The van der Waals surface area contributed by atoms with Crippen molar-refractivity contribution >= 4 is 22.8 Å². The average molecular weight is 290 g/mol. The maximum absolute atomic E-state index is 11.9. The first-order valence-corrected chi connectivity index (χ1v) is 8.18. The fraction of sp³-hybridized carbons (Fsp3) is 0.833. The van der Waals surface area contributed by atoms with Crippen LogP contribution in [-0.4, -0.2) is 57.4 Å². The van der Waals surface area contributed by atoms with Crippen molar-refractivity contribution < 1.29 is 18.9 Å². The van der Waals surface area contributed by atoms with Gasteiger partial charge in [-0.25, -0.2) is 4.79 Å². The van der Waals surface area contributed by atoms with E-state index in [1.165, 1.54) is 0 Å². The van der Waals surface area contributed by atoms with Gasteiger partial charge in [0.1, 0.15) is 0 Å². The van der Waals surface area contributed by atoms with Gasteiger partial charge in [0.15, 0.2) is 0 Å². The zero-order chi connectivity index (χ0) is 14.4. The monoisotopic (exact) mass is 290 g/mol. The van der Waals surface area contributed by atoms with Crippen molar-refractivity contribution in [1.29, 1.82) is 0 Å². The van der Waals surface area contributed by atoms with E-state index in [-0.39, 0.29) is 24.4 Å². The number of piperidine rings is 1. The van der Waals surface area contributed by atoms with Crippen molar-refractivity contribution in [2.75, 3.05) is 25.1 Å². The van der Waals surface area contributed by atoms with Gasteiger partial charge >= 0.3 is 12.0 Å². The van der Waals surface area contributed by atoms with Crippen molar-refractivity contribution in [1.82, 2.24) is 10.2 Å². The lowest BCUT2D eigenvalue weighted by Gasteiger charge is -2.32. The van der Waals surface area contributed by atoms with E-state index in [0.29, 0.717) is 18.8 Å². The molecule has 1 aliphatic rings. The second-order valence-electron chi connectivity index (χ2n) is 5.12. The Morgan fingerprint density at radius 3 is 2.47 bits per heavy atom. The van der Waals surface area contributed by atoms with Gasteiger partial charge in [-0.3, -0.25) is 9.00 Å². The van der Waals surface area contributed by atoms with E-state index in [1.807, 2.05) is 6.92 Å². The van der Waals surface area contributed by atoms with Crippen molar-refractivity contribution in [3.8, 4) is 0 Å². The molecule has 7 heteroatoms. The van der Waals surface area contributed by atoms with Crippen LogP contribution in [0.1, 0.15) is 26.2 Å². The van der Waals surface area contributed by atoms with Gasteiger partial charge in [0.2, 0.25) is 0 Å². The van der Waals surface area contributed by atoms with E-state index in [4.69, 9.17) is 5.11 Å². The second kappa shape index (κ2) is 7.47. The number of hydrogen-bond donors (Lipinski definition) is 2. The van der Waals surface area contributed by atoms with Crippen LogP contribution in [0, 0.1) is 5.92 Å². The van der Waals surface area contributed by atoms with Gasteiger partial charge in [0, 0.05) is 48.4 Å². The van der Waals surface area contributed by atoms with E-state index in [1.54, 1.807) is 11.2 Å². The van der Waals surface area contributed by atoms with Crippen molar-refractivity contribution in [3.05, 3.63) is 0 Å². The highest BCUT2D eigenvalue weighted by Crippen LogP contribution is 2.20. The molecule has 0 bridgehead atoms. The molecule has 1 rings (SSSR count). The predicted octanol–water partition coefficient (Wildman–Crippen LogP) is 0.650. The first-order valence-electron chi connectivity index (χ1n) is 6.45. The standard InChI is InChI=1S/C12H22N2O4S/c1-9(8-19(2)18)13-12(17)14-5-3-10(4-6-14)7-11(15)16/h9-10H,3-8H2,1-2H3,(H,13,17)(H,15,16). The number of nitrogens with one attached hydrogen (secondary N) is 1. The topological polar surface area (TPSA) is 86.7 Å². The number of carbonyl (C=O) groups is 2. The van der Waals surface area contributed by atoms with Gasteiger partial charge in [-0.05, 0) is 25.7 Å². The van der Waals surface area contributed by atoms with Crippen molar-refractivity contribution in [2.45, 2.75) is 32.2 Å². The van der Waals surface area contributed by atoms with Crippen LogP contribution >= 0.6 is 0 Å². The zero-order valence-electron chi connectivity index (χ0n) is 11.4. The Balaban J connectivity index is 2.32. The minimum atomic E-state index is -0.928. The van der Waals surface area contributed by atoms with Crippen LogP contribution in [0.25, 0.3) is 0 Å². The third-order valence-corrected chi connectivity index (χ3v) is 4.19. The lowest BCUT2D eigenvalue weighted by Crippen LogP contribution is -2.48. The van der Waals surface area contributed by atoms with Crippen LogP contribution in [0.4, 0.5) is 4.79 Å². The summed E-state index contributed by atoms with van der Waals surface area (Å²) < 4.78 is 11.0. The maximum Gasteiger partial charge on any atom is 0.317 e. The highest BCUT2D eigenvalue weighted by atomic mass is 32.2. The maximum atomic E-state index is 11.9. The van der Waals surface area contributed by atoms with E-state index in [0.717, 1.165) is 12.8 Å². The quantitative estimate of drug-likeness (QED) is 0.778. The first kappa shape index (κ1) is 15.9. The summed E-state index contributed by atoms with van der Waals surface area (Å²) in [6.45, 7) is 3.01. The molecule has 6 nitrogen and oxygen atoms in total. The van der Waals surface area contributed by atoms with Gasteiger partial charge in [0.25, 0.3) is 0 Å². The summed E-state index contributed by atoms with van der Waals surface area (Å²) >= 11 is 0. The Labute approximate surface area is 116 Å². The largest absolute Gasteiger partial charge is 0.481 e. The number of carboxylic acid groups (broad SMARTS) is 1. The number of hydrogen-bond acceptors (Lipinski definition) is 3. The molecule has 19 heavy (non-hydrogen) atoms. The zero-order valence-corrected chi connectivity index (χ0v) is 12.2. The summed E-state index contributed by atoms with van der Waals surface area (Å²) in [4.78, 5) is 24.2. The molecule has 1 saturated heterocycles. The number of amides is 2. The average Bonchev–Trinajstić information content (AvgIpc) is 2.27. The molecular weight excluding hydrogens is 268 g/mol. The molecular formula is C12H22N2O4S. The molecule has 2 N–H and O–H groups in total. The fourth-order valence-corrected chi connectivity index (χ4v) is 3.07. The molecule has 0 aromatic heterocycles. The summed E-state index contributed by atoms with van der Waals surface area (Å²) in [5, 5.41) is 11.5. The highest BCUT2D eigenvalue weighted by molar-refractivity contribution is 7.84. The third-order valence-electron chi connectivity index (χ3n) is 3.22. The molecule has 1 aliphatic heterocycles. The number of likely N-dealkylation sites (tertiary alicyclic amines) is 1. The Hall–Kier alpha value is -1.11. The summed E-state index contributed by atoms with van der Waals surface area (Å²) in [6.07, 6.45) is 3.25. The van der Waals surface area contributed by atoms with Crippen LogP contribution in [0.5, 0.6) is 0 Å². The Kier molecular flexibility index (Phi) is 6.27. The molecule has 0 radical (unpaired) electrons. The Morgan fingerprint density at radius 1 is 1.42 bits per heavy atom. The summed E-state index contributed by atoms with van der Waals surface area (Å²) in [5.74, 6) is -0.162. The molecule has 2 atom stereocenters. The predicted molar refractivity (Wildman–Crippen MR) is 73.5 cm³/mol. The normalized spacial score (nSPS) is 19.8. The SMILES string of the molecule is CC(CS(C)=O)NC(=O)N1CCC(CC(=O)O)CC1. The molecule has 1 heterocycles. The second-order valence-corrected chi connectivity index (χ2v) is 6.60. The summed E-state index contributed by atoms with van der Waals surface area (Å²) in [5.41, 5.74) is 0. The van der Waals surface area contributed by atoms with Gasteiger partial charge in [-0.15, -0.1) is 0 Å². The van der Waals surface area contributed by atoms with Crippen LogP contribution in [0.3, 0.4) is 0 Å². The Bertz CT molecular complexity index is 354. The number of rotatable bonds is 5. The third kappa shape index (κ3) is 6.04. The van der Waals surface area contributed by atoms with Crippen molar-refractivity contribution in [3.63, 3.8) is 0 Å². The fourth-order valence-electron chi connectivity index (χ4n) is 2.28. The summed E-state index contributed by atoms with van der Waals surface area (Å²) in [7, 11) is -0.928. The minimum Gasteiger partial charge on any atom is -0.481 e. The molecule has 2 amide bonds. The first-order chi connectivity index (χ1) is 8.88. The van der Waals surface area contributed by atoms with E-state index < -0.39 is 16.8 Å². The number of aliphatic carboxylic acids is 1. The number of carboxylic acids is 1. The van der Waals surface area contributed by atoms with Crippen LogP contribution in [0.15, 0.2) is 0 Å². The molecule has 110 valence electrons. The smallest absolute Gasteiger partial charge is 0.317 e. The Morgan fingerprint density at radius 2 is 2.00 bits per heavy atom. The molecule has 0 aliphatic carbocycles. The lowest BCUT2D eigenvalue weighted by atomic mass is 9.94.